The summed E-state index contributed by atoms with van der Waals surface area (Å²) >= 11 is 0. The summed E-state index contributed by atoms with van der Waals surface area (Å²) < 4.78 is 2.38. The Bertz CT molecular complexity index is 644. The normalized spacial score (nSPS) is 15.9. The number of hydrogen-bond donors (Lipinski definition) is 0. The van der Waals surface area contributed by atoms with Gasteiger partial charge in [0.15, 0.2) is 0 Å². The van der Waals surface area contributed by atoms with Gasteiger partial charge in [-0.1, -0.05) is 19.3 Å². The van der Waals surface area contributed by atoms with Crippen molar-refractivity contribution in [2.75, 3.05) is 18.0 Å². The highest BCUT2D eigenvalue weighted by Crippen LogP contribution is 2.28. The first kappa shape index (κ1) is 16.8. The van der Waals surface area contributed by atoms with Crippen molar-refractivity contribution < 1.29 is 0 Å². The molecule has 1 heterocycles. The van der Waals surface area contributed by atoms with E-state index in [0.29, 0.717) is 6.04 Å². The summed E-state index contributed by atoms with van der Waals surface area (Å²) in [5.41, 5.74) is 3.46. The minimum absolute atomic E-state index is 0.689. The third-order valence-corrected chi connectivity index (χ3v) is 5.07. The van der Waals surface area contributed by atoms with Gasteiger partial charge in [-0.25, -0.2) is 0 Å². The Morgan fingerprint density at radius 2 is 1.75 bits per heavy atom. The summed E-state index contributed by atoms with van der Waals surface area (Å²) in [5, 5.41) is 0. The highest BCUT2D eigenvalue weighted by Gasteiger charge is 2.14. The average molecular weight is 323 g/mol. The minimum Gasteiger partial charge on any atom is -0.372 e. The van der Waals surface area contributed by atoms with E-state index < -0.39 is 0 Å². The molecule has 3 rings (SSSR count). The molecule has 0 amide bonds. The maximum Gasteiger partial charge on any atom is 0.0631 e. The molecule has 3 nitrogen and oxygen atoms in total. The quantitative estimate of drug-likeness (QED) is 0.635. The van der Waals surface area contributed by atoms with Gasteiger partial charge in [-0.3, -0.25) is 4.99 Å². The van der Waals surface area contributed by atoms with Crippen molar-refractivity contribution >= 4 is 17.6 Å². The van der Waals surface area contributed by atoms with Gasteiger partial charge in [0.1, 0.15) is 0 Å². The molecular formula is C21H29N3. The van der Waals surface area contributed by atoms with Crippen LogP contribution in [0.1, 0.15) is 57.6 Å². The second-order valence-electron chi connectivity index (χ2n) is 6.63. The molecule has 128 valence electrons. The third-order valence-electron chi connectivity index (χ3n) is 5.07. The first-order valence-corrected chi connectivity index (χ1v) is 9.36. The van der Waals surface area contributed by atoms with Gasteiger partial charge < -0.3 is 9.47 Å². The van der Waals surface area contributed by atoms with E-state index in [1.165, 1.54) is 43.4 Å². The van der Waals surface area contributed by atoms with Crippen molar-refractivity contribution in [1.29, 1.82) is 0 Å². The number of aromatic nitrogens is 1. The molecule has 24 heavy (non-hydrogen) atoms. The number of nitrogens with zero attached hydrogens (tertiary/aromatic N) is 3. The molecule has 0 saturated heterocycles. The maximum atomic E-state index is 4.63. The molecule has 1 aliphatic rings. The average Bonchev–Trinajstić information content (AvgIpc) is 3.12. The molecule has 1 aliphatic carbocycles. The first-order valence-electron chi connectivity index (χ1n) is 9.36. The summed E-state index contributed by atoms with van der Waals surface area (Å²) in [6.45, 7) is 6.45. The Labute approximate surface area is 146 Å². The molecule has 0 atom stereocenters. The van der Waals surface area contributed by atoms with Crippen molar-refractivity contribution in [1.82, 2.24) is 4.57 Å². The van der Waals surface area contributed by atoms with Gasteiger partial charge >= 0.3 is 0 Å². The maximum absolute atomic E-state index is 4.63. The van der Waals surface area contributed by atoms with Gasteiger partial charge in [-0.15, -0.1) is 0 Å². The topological polar surface area (TPSA) is 20.5 Å². The summed E-state index contributed by atoms with van der Waals surface area (Å²) in [4.78, 5) is 6.98. The van der Waals surface area contributed by atoms with E-state index in [4.69, 9.17) is 0 Å². The van der Waals surface area contributed by atoms with Crippen molar-refractivity contribution in [2.24, 2.45) is 4.99 Å². The summed E-state index contributed by atoms with van der Waals surface area (Å²) in [6.07, 6.45) is 13.2. The number of rotatable bonds is 6. The van der Waals surface area contributed by atoms with Crippen LogP contribution >= 0.6 is 0 Å². The van der Waals surface area contributed by atoms with E-state index in [-0.39, 0.29) is 0 Å². The van der Waals surface area contributed by atoms with Crippen LogP contribution in [0.25, 0.3) is 0 Å². The number of benzene rings is 1. The molecule has 0 unspecified atom stereocenters. The molecule has 0 aliphatic heterocycles. The van der Waals surface area contributed by atoms with E-state index in [9.17, 15) is 0 Å². The molecular weight excluding hydrogens is 294 g/mol. The lowest BCUT2D eigenvalue weighted by atomic mass is 9.95. The van der Waals surface area contributed by atoms with Crippen LogP contribution in [0.15, 0.2) is 47.7 Å². The number of aliphatic imine (C=N–C) groups is 1. The zero-order valence-electron chi connectivity index (χ0n) is 15.0. The third kappa shape index (κ3) is 4.08. The Hall–Kier alpha value is -2.03. The lowest BCUT2D eigenvalue weighted by Gasteiger charge is -2.23. The van der Waals surface area contributed by atoms with E-state index in [1.807, 2.05) is 6.21 Å². The van der Waals surface area contributed by atoms with Gasteiger partial charge in [-0.05, 0) is 57.0 Å². The Morgan fingerprint density at radius 3 is 2.42 bits per heavy atom. The largest absolute Gasteiger partial charge is 0.372 e. The molecule has 1 aromatic carbocycles. The fourth-order valence-corrected chi connectivity index (χ4v) is 3.60. The van der Waals surface area contributed by atoms with Crippen LogP contribution in [0.2, 0.25) is 0 Å². The molecule has 0 bridgehead atoms. The van der Waals surface area contributed by atoms with Gasteiger partial charge in [-0.2, -0.15) is 0 Å². The fourth-order valence-electron chi connectivity index (χ4n) is 3.60. The van der Waals surface area contributed by atoms with Crippen LogP contribution in [0.4, 0.5) is 11.4 Å². The molecule has 0 spiro atoms. The molecule has 1 fully saturated rings. The van der Waals surface area contributed by atoms with Crippen molar-refractivity contribution in [3.63, 3.8) is 0 Å². The van der Waals surface area contributed by atoms with Crippen LogP contribution in [0.5, 0.6) is 0 Å². The minimum atomic E-state index is 0.689. The number of anilines is 1. The van der Waals surface area contributed by atoms with E-state index >= 15 is 0 Å². The monoisotopic (exact) mass is 323 g/mol. The number of hydrogen-bond acceptors (Lipinski definition) is 2. The Balaban J connectivity index is 1.64. The fraction of sp³-hybridized carbons (Fsp3) is 0.476. The Kier molecular flexibility index (Phi) is 5.73. The van der Waals surface area contributed by atoms with E-state index in [1.54, 1.807) is 0 Å². The molecule has 0 N–H and O–H groups in total. The molecule has 1 aromatic heterocycles. The summed E-state index contributed by atoms with van der Waals surface area (Å²) in [7, 11) is 0. The van der Waals surface area contributed by atoms with Gasteiger partial charge in [0, 0.05) is 49.0 Å². The molecule has 0 radical (unpaired) electrons. The highest BCUT2D eigenvalue weighted by atomic mass is 15.1. The highest BCUT2D eigenvalue weighted by molar-refractivity contribution is 5.81. The first-order chi connectivity index (χ1) is 11.8. The Morgan fingerprint density at radius 1 is 1.04 bits per heavy atom. The molecule has 2 aromatic rings. The van der Waals surface area contributed by atoms with Crippen molar-refractivity contribution in [3.8, 4) is 0 Å². The van der Waals surface area contributed by atoms with Gasteiger partial charge in [0.25, 0.3) is 0 Å². The van der Waals surface area contributed by atoms with Crippen LogP contribution in [0, 0.1) is 0 Å². The standard InChI is InChI=1S/C21H29N3/c1-3-23(4-2)21-12-10-19(11-13-21)22-16-18-14-15-24(17-18)20-8-6-5-7-9-20/h10-17,20H,3-9H2,1-2H3. The van der Waals surface area contributed by atoms with Crippen LogP contribution in [0.3, 0.4) is 0 Å². The summed E-state index contributed by atoms with van der Waals surface area (Å²) in [5.74, 6) is 0. The molecule has 1 saturated carbocycles. The predicted octanol–water partition coefficient (Wildman–Crippen LogP) is 5.59. The van der Waals surface area contributed by atoms with Gasteiger partial charge in [0.2, 0.25) is 0 Å². The SMILES string of the molecule is CCN(CC)c1ccc(N=Cc2ccn(C3CCCCC3)c2)cc1. The van der Waals surface area contributed by atoms with Crippen LogP contribution < -0.4 is 4.90 Å². The van der Waals surface area contributed by atoms with E-state index in [2.05, 4.69) is 71.0 Å². The second-order valence-corrected chi connectivity index (χ2v) is 6.63. The lowest BCUT2D eigenvalue weighted by Crippen LogP contribution is -2.21. The second kappa shape index (κ2) is 8.18. The van der Waals surface area contributed by atoms with Crippen molar-refractivity contribution in [2.45, 2.75) is 52.0 Å². The smallest absolute Gasteiger partial charge is 0.0631 e. The molecule has 3 heteroatoms. The van der Waals surface area contributed by atoms with Crippen molar-refractivity contribution in [3.05, 3.63) is 48.3 Å². The lowest BCUT2D eigenvalue weighted by molar-refractivity contribution is 0.354. The zero-order valence-corrected chi connectivity index (χ0v) is 15.0. The zero-order chi connectivity index (χ0) is 16.8. The van der Waals surface area contributed by atoms with E-state index in [0.717, 1.165) is 18.8 Å². The van der Waals surface area contributed by atoms with Crippen LogP contribution in [-0.4, -0.2) is 23.9 Å². The van der Waals surface area contributed by atoms with Crippen LogP contribution in [-0.2, 0) is 0 Å². The summed E-state index contributed by atoms with van der Waals surface area (Å²) in [6, 6.07) is 11.4. The predicted molar refractivity (Wildman–Crippen MR) is 104 cm³/mol. The van der Waals surface area contributed by atoms with Gasteiger partial charge in [0.05, 0.1) is 5.69 Å².